The van der Waals surface area contributed by atoms with E-state index in [1.54, 1.807) is 12.1 Å². The quantitative estimate of drug-likeness (QED) is 0.846. The van der Waals surface area contributed by atoms with Crippen LogP contribution in [0, 0.1) is 6.92 Å². The van der Waals surface area contributed by atoms with Crippen molar-refractivity contribution in [1.82, 2.24) is 0 Å². The SMILES string of the molecule is Cc1cc(S(C)(=O)=O)ccc1CC(C)N. The van der Waals surface area contributed by atoms with Crippen molar-refractivity contribution >= 4 is 9.84 Å². The van der Waals surface area contributed by atoms with Crippen molar-refractivity contribution in [3.05, 3.63) is 29.3 Å². The molecule has 3 nitrogen and oxygen atoms in total. The van der Waals surface area contributed by atoms with Gasteiger partial charge in [0.05, 0.1) is 4.90 Å². The summed E-state index contributed by atoms with van der Waals surface area (Å²) in [5.74, 6) is 0. The monoisotopic (exact) mass is 227 g/mol. The predicted octanol–water partition coefficient (Wildman–Crippen LogP) is 1.29. The third-order valence-corrected chi connectivity index (χ3v) is 3.39. The van der Waals surface area contributed by atoms with Gasteiger partial charge in [-0.05, 0) is 43.5 Å². The van der Waals surface area contributed by atoms with E-state index < -0.39 is 9.84 Å². The predicted molar refractivity (Wildman–Crippen MR) is 61.6 cm³/mol. The summed E-state index contributed by atoms with van der Waals surface area (Å²) in [7, 11) is -3.10. The molecule has 1 unspecified atom stereocenters. The molecule has 0 amide bonds. The van der Waals surface area contributed by atoms with Gasteiger partial charge in [0.25, 0.3) is 0 Å². The van der Waals surface area contributed by atoms with Crippen LogP contribution in [-0.2, 0) is 16.3 Å². The Kier molecular flexibility index (Phi) is 3.52. The van der Waals surface area contributed by atoms with E-state index in [9.17, 15) is 8.42 Å². The molecule has 0 spiro atoms. The Balaban J connectivity index is 3.09. The average Bonchev–Trinajstić information content (AvgIpc) is 2.05. The first-order valence-electron chi connectivity index (χ1n) is 4.86. The second-order valence-electron chi connectivity index (χ2n) is 4.04. The summed E-state index contributed by atoms with van der Waals surface area (Å²) in [6.07, 6.45) is 1.99. The van der Waals surface area contributed by atoms with Gasteiger partial charge in [-0.3, -0.25) is 0 Å². The van der Waals surface area contributed by atoms with Crippen LogP contribution in [0.3, 0.4) is 0 Å². The third-order valence-electron chi connectivity index (χ3n) is 2.28. The fourth-order valence-corrected chi connectivity index (χ4v) is 2.18. The van der Waals surface area contributed by atoms with Crippen LogP contribution < -0.4 is 5.73 Å². The lowest BCUT2D eigenvalue weighted by Gasteiger charge is -2.09. The third kappa shape index (κ3) is 3.32. The Morgan fingerprint density at radius 2 is 2.00 bits per heavy atom. The number of hydrogen-bond acceptors (Lipinski definition) is 3. The summed E-state index contributed by atoms with van der Waals surface area (Å²) in [6, 6.07) is 5.27. The van der Waals surface area contributed by atoms with E-state index in [2.05, 4.69) is 0 Å². The second kappa shape index (κ2) is 4.33. The van der Waals surface area contributed by atoms with E-state index in [0.717, 1.165) is 17.5 Å². The molecule has 0 aliphatic carbocycles. The normalized spacial score (nSPS) is 13.9. The van der Waals surface area contributed by atoms with Crippen molar-refractivity contribution in [2.24, 2.45) is 5.73 Å². The van der Waals surface area contributed by atoms with Gasteiger partial charge in [0, 0.05) is 12.3 Å². The Hall–Kier alpha value is -0.870. The topological polar surface area (TPSA) is 60.2 Å². The maximum absolute atomic E-state index is 11.3. The molecule has 0 aliphatic rings. The first kappa shape index (κ1) is 12.2. The van der Waals surface area contributed by atoms with Gasteiger partial charge in [-0.25, -0.2) is 8.42 Å². The Morgan fingerprint density at radius 3 is 2.40 bits per heavy atom. The van der Waals surface area contributed by atoms with Gasteiger partial charge < -0.3 is 5.73 Å². The molecule has 4 heteroatoms. The fourth-order valence-electron chi connectivity index (χ4n) is 1.47. The zero-order chi connectivity index (χ0) is 11.6. The molecule has 0 aliphatic heterocycles. The summed E-state index contributed by atoms with van der Waals surface area (Å²) < 4.78 is 22.6. The highest BCUT2D eigenvalue weighted by Gasteiger charge is 2.09. The minimum atomic E-state index is -3.10. The van der Waals surface area contributed by atoms with Crippen LogP contribution in [0.1, 0.15) is 18.1 Å². The van der Waals surface area contributed by atoms with Crippen LogP contribution in [0.2, 0.25) is 0 Å². The molecule has 0 bridgehead atoms. The molecule has 1 aromatic carbocycles. The molecule has 0 saturated carbocycles. The molecule has 1 aromatic rings. The Bertz CT molecular complexity index is 450. The lowest BCUT2D eigenvalue weighted by atomic mass is 10.0. The summed E-state index contributed by atoms with van der Waals surface area (Å²) >= 11 is 0. The molecule has 0 radical (unpaired) electrons. The maximum Gasteiger partial charge on any atom is 0.175 e. The number of rotatable bonds is 3. The van der Waals surface area contributed by atoms with Crippen LogP contribution in [0.4, 0.5) is 0 Å². The van der Waals surface area contributed by atoms with Crippen LogP contribution in [-0.4, -0.2) is 20.7 Å². The van der Waals surface area contributed by atoms with E-state index in [0.29, 0.717) is 4.90 Å². The molecule has 0 heterocycles. The van der Waals surface area contributed by atoms with E-state index in [4.69, 9.17) is 5.73 Å². The first-order chi connectivity index (χ1) is 6.80. The molecular weight excluding hydrogens is 210 g/mol. The molecule has 15 heavy (non-hydrogen) atoms. The van der Waals surface area contributed by atoms with Crippen molar-refractivity contribution in [3.63, 3.8) is 0 Å². The van der Waals surface area contributed by atoms with Crippen molar-refractivity contribution in [3.8, 4) is 0 Å². The van der Waals surface area contributed by atoms with Gasteiger partial charge in [0.15, 0.2) is 9.84 Å². The average molecular weight is 227 g/mol. The van der Waals surface area contributed by atoms with Crippen molar-refractivity contribution in [1.29, 1.82) is 0 Å². The summed E-state index contributed by atoms with van der Waals surface area (Å²) in [6.45, 7) is 3.84. The lowest BCUT2D eigenvalue weighted by molar-refractivity contribution is 0.601. The van der Waals surface area contributed by atoms with E-state index in [-0.39, 0.29) is 6.04 Å². The molecule has 0 aromatic heterocycles. The zero-order valence-corrected chi connectivity index (χ0v) is 10.1. The maximum atomic E-state index is 11.3. The van der Waals surface area contributed by atoms with Crippen LogP contribution >= 0.6 is 0 Å². The molecule has 1 atom stereocenters. The summed E-state index contributed by atoms with van der Waals surface area (Å²) in [5.41, 5.74) is 7.79. The number of benzene rings is 1. The van der Waals surface area contributed by atoms with Gasteiger partial charge in [0.2, 0.25) is 0 Å². The molecule has 0 saturated heterocycles. The lowest BCUT2D eigenvalue weighted by Crippen LogP contribution is -2.18. The minimum absolute atomic E-state index is 0.0905. The summed E-state index contributed by atoms with van der Waals surface area (Å²) in [5, 5.41) is 0. The second-order valence-corrected chi connectivity index (χ2v) is 6.06. The van der Waals surface area contributed by atoms with Crippen molar-refractivity contribution in [2.75, 3.05) is 6.26 Å². The highest BCUT2D eigenvalue weighted by Crippen LogP contribution is 2.16. The van der Waals surface area contributed by atoms with Gasteiger partial charge in [-0.2, -0.15) is 0 Å². The van der Waals surface area contributed by atoms with E-state index >= 15 is 0 Å². The molecular formula is C11H17NO2S. The Labute approximate surface area is 91.2 Å². The summed E-state index contributed by atoms with van der Waals surface area (Å²) in [4.78, 5) is 0.369. The first-order valence-corrected chi connectivity index (χ1v) is 6.75. The van der Waals surface area contributed by atoms with Gasteiger partial charge >= 0.3 is 0 Å². The van der Waals surface area contributed by atoms with E-state index in [1.165, 1.54) is 6.26 Å². The fraction of sp³-hybridized carbons (Fsp3) is 0.455. The molecule has 2 N–H and O–H groups in total. The molecule has 1 rings (SSSR count). The largest absolute Gasteiger partial charge is 0.328 e. The van der Waals surface area contributed by atoms with Gasteiger partial charge in [-0.1, -0.05) is 6.07 Å². The number of hydrogen-bond donors (Lipinski definition) is 1. The highest BCUT2D eigenvalue weighted by atomic mass is 32.2. The van der Waals surface area contributed by atoms with E-state index in [1.807, 2.05) is 19.9 Å². The zero-order valence-electron chi connectivity index (χ0n) is 9.32. The smallest absolute Gasteiger partial charge is 0.175 e. The van der Waals surface area contributed by atoms with Crippen LogP contribution in [0.15, 0.2) is 23.1 Å². The number of nitrogens with two attached hydrogens (primary N) is 1. The Morgan fingerprint density at radius 1 is 1.40 bits per heavy atom. The highest BCUT2D eigenvalue weighted by molar-refractivity contribution is 7.90. The van der Waals surface area contributed by atoms with Crippen molar-refractivity contribution in [2.45, 2.75) is 31.2 Å². The minimum Gasteiger partial charge on any atom is -0.328 e. The molecule has 84 valence electrons. The van der Waals surface area contributed by atoms with Gasteiger partial charge in [0.1, 0.15) is 0 Å². The number of sulfone groups is 1. The van der Waals surface area contributed by atoms with Crippen LogP contribution in [0.25, 0.3) is 0 Å². The number of aryl methyl sites for hydroxylation is 1. The molecule has 0 fully saturated rings. The van der Waals surface area contributed by atoms with Crippen LogP contribution in [0.5, 0.6) is 0 Å². The van der Waals surface area contributed by atoms with Crippen molar-refractivity contribution < 1.29 is 8.42 Å². The van der Waals surface area contributed by atoms with Gasteiger partial charge in [-0.15, -0.1) is 0 Å². The standard InChI is InChI=1S/C11H17NO2S/c1-8-6-11(15(3,13)14)5-4-10(8)7-9(2)12/h4-6,9H,7,12H2,1-3H3.